The SMILES string of the molecule is CC1C=C(c2cnc3c(C#N)nn([C@H](C)c4ccc(Cl)cc4Cl)c3n2)CCC1N1CCCC1CO. The van der Waals surface area contributed by atoms with Gasteiger partial charge in [-0.1, -0.05) is 42.3 Å². The van der Waals surface area contributed by atoms with E-state index in [9.17, 15) is 10.4 Å². The third kappa shape index (κ3) is 4.45. The molecule has 3 aromatic rings. The van der Waals surface area contributed by atoms with Gasteiger partial charge in [0.2, 0.25) is 0 Å². The Balaban J connectivity index is 1.50. The van der Waals surface area contributed by atoms with Crippen LogP contribution in [0.4, 0.5) is 0 Å². The maximum absolute atomic E-state index is 9.77. The zero-order valence-corrected chi connectivity index (χ0v) is 21.3. The van der Waals surface area contributed by atoms with Crippen molar-refractivity contribution in [3.63, 3.8) is 0 Å². The molecule has 35 heavy (non-hydrogen) atoms. The van der Waals surface area contributed by atoms with Crippen molar-refractivity contribution in [1.82, 2.24) is 24.6 Å². The molecule has 0 amide bonds. The minimum Gasteiger partial charge on any atom is -0.395 e. The van der Waals surface area contributed by atoms with Crippen molar-refractivity contribution in [2.24, 2.45) is 5.92 Å². The minimum atomic E-state index is -0.261. The lowest BCUT2D eigenvalue weighted by Gasteiger charge is -2.38. The molecule has 1 N–H and O–H groups in total. The summed E-state index contributed by atoms with van der Waals surface area (Å²) >= 11 is 12.5. The lowest BCUT2D eigenvalue weighted by Crippen LogP contribution is -2.45. The van der Waals surface area contributed by atoms with Crippen LogP contribution in [0.5, 0.6) is 0 Å². The average molecular weight is 511 g/mol. The van der Waals surface area contributed by atoms with Gasteiger partial charge in [0.25, 0.3) is 0 Å². The predicted octanol–water partition coefficient (Wildman–Crippen LogP) is 5.25. The summed E-state index contributed by atoms with van der Waals surface area (Å²) in [6, 6.07) is 7.95. The van der Waals surface area contributed by atoms with Gasteiger partial charge in [0.05, 0.1) is 24.5 Å². The van der Waals surface area contributed by atoms with Crippen LogP contribution in [0.3, 0.4) is 0 Å². The molecule has 7 nitrogen and oxygen atoms in total. The molecule has 2 aromatic heterocycles. The Morgan fingerprint density at radius 1 is 1.29 bits per heavy atom. The molecule has 0 saturated carbocycles. The van der Waals surface area contributed by atoms with Gasteiger partial charge in [-0.25, -0.2) is 14.6 Å². The van der Waals surface area contributed by atoms with Gasteiger partial charge in [0, 0.05) is 22.1 Å². The molecule has 1 saturated heterocycles. The van der Waals surface area contributed by atoms with Crippen molar-refractivity contribution in [1.29, 1.82) is 5.26 Å². The minimum absolute atomic E-state index is 0.225. The highest BCUT2D eigenvalue weighted by molar-refractivity contribution is 6.35. The molecule has 3 heterocycles. The van der Waals surface area contributed by atoms with E-state index in [2.05, 4.69) is 34.1 Å². The van der Waals surface area contributed by atoms with E-state index in [4.69, 9.17) is 28.2 Å². The number of likely N-dealkylation sites (tertiary alicyclic amines) is 1. The molecule has 1 aliphatic carbocycles. The summed E-state index contributed by atoms with van der Waals surface area (Å²) in [6.07, 6.45) is 8.17. The number of halogens is 2. The van der Waals surface area contributed by atoms with Crippen molar-refractivity contribution in [3.8, 4) is 6.07 Å². The van der Waals surface area contributed by atoms with Crippen LogP contribution in [-0.4, -0.2) is 55.0 Å². The molecular formula is C26H28Cl2N6O. The summed E-state index contributed by atoms with van der Waals surface area (Å²) in [5, 5.41) is 25.0. The topological polar surface area (TPSA) is 90.9 Å². The molecule has 0 bridgehead atoms. The monoisotopic (exact) mass is 510 g/mol. The van der Waals surface area contributed by atoms with E-state index in [1.165, 1.54) is 0 Å². The standard InChI is InChI=1S/C26H28Cl2N6O/c1-15-10-17(5-8-24(15)33-9-3-4-19(33)14-35)23-13-30-25-22(12-29)32-34(26(25)31-23)16(2)20-7-6-18(27)11-21(20)28/h6-7,10-11,13,15-16,19,24,35H,3-5,8-9,14H2,1-2H3/t15?,16-,19?,24?/m1/s1. The van der Waals surface area contributed by atoms with E-state index in [-0.39, 0.29) is 24.4 Å². The van der Waals surface area contributed by atoms with E-state index in [0.29, 0.717) is 33.2 Å². The largest absolute Gasteiger partial charge is 0.395 e. The summed E-state index contributed by atoms with van der Waals surface area (Å²) in [5.74, 6) is 0.342. The van der Waals surface area contributed by atoms with Crippen LogP contribution in [-0.2, 0) is 0 Å². The van der Waals surface area contributed by atoms with Crippen molar-refractivity contribution in [3.05, 3.63) is 57.5 Å². The fraction of sp³-hybridized carbons (Fsp3) is 0.462. The molecule has 1 aliphatic heterocycles. The Morgan fingerprint density at radius 3 is 2.83 bits per heavy atom. The van der Waals surface area contributed by atoms with Gasteiger partial charge in [0.15, 0.2) is 11.3 Å². The van der Waals surface area contributed by atoms with E-state index in [1.54, 1.807) is 23.0 Å². The first-order chi connectivity index (χ1) is 16.9. The van der Waals surface area contributed by atoms with Crippen LogP contribution >= 0.6 is 23.2 Å². The Morgan fingerprint density at radius 2 is 2.11 bits per heavy atom. The zero-order chi connectivity index (χ0) is 24.7. The number of rotatable bonds is 5. The Hall–Kier alpha value is -2.50. The van der Waals surface area contributed by atoms with Crippen LogP contribution in [0.2, 0.25) is 10.0 Å². The van der Waals surface area contributed by atoms with Crippen molar-refractivity contribution in [2.75, 3.05) is 13.2 Å². The van der Waals surface area contributed by atoms with Crippen LogP contribution < -0.4 is 0 Å². The maximum atomic E-state index is 9.77. The summed E-state index contributed by atoms with van der Waals surface area (Å²) in [5.41, 5.74) is 4.10. The molecule has 2 aliphatic rings. The van der Waals surface area contributed by atoms with Crippen molar-refractivity contribution >= 4 is 39.9 Å². The molecule has 1 fully saturated rings. The Labute approximate surface area is 215 Å². The third-order valence-corrected chi connectivity index (χ3v) is 8.02. The smallest absolute Gasteiger partial charge is 0.190 e. The van der Waals surface area contributed by atoms with Gasteiger partial charge in [-0.3, -0.25) is 4.90 Å². The molecule has 9 heteroatoms. The first kappa shape index (κ1) is 24.2. The highest BCUT2D eigenvalue weighted by Crippen LogP contribution is 2.36. The van der Waals surface area contributed by atoms with Crippen LogP contribution in [0.1, 0.15) is 62.5 Å². The molecule has 4 atom stereocenters. The van der Waals surface area contributed by atoms with E-state index in [1.807, 2.05) is 13.0 Å². The maximum Gasteiger partial charge on any atom is 0.190 e. The van der Waals surface area contributed by atoms with Gasteiger partial charge in [-0.15, -0.1) is 0 Å². The molecule has 5 rings (SSSR count). The normalized spacial score (nSPS) is 23.9. The number of aliphatic hydroxyl groups excluding tert-OH is 1. The van der Waals surface area contributed by atoms with Crippen molar-refractivity contribution in [2.45, 2.75) is 57.7 Å². The van der Waals surface area contributed by atoms with E-state index < -0.39 is 0 Å². The number of benzene rings is 1. The lowest BCUT2D eigenvalue weighted by molar-refractivity contribution is 0.0950. The molecule has 1 aromatic carbocycles. The van der Waals surface area contributed by atoms with Gasteiger partial charge in [-0.2, -0.15) is 10.4 Å². The van der Waals surface area contributed by atoms with E-state index in [0.717, 1.165) is 49.1 Å². The van der Waals surface area contributed by atoms with Gasteiger partial charge >= 0.3 is 0 Å². The highest BCUT2D eigenvalue weighted by atomic mass is 35.5. The number of hydrogen-bond acceptors (Lipinski definition) is 6. The molecular weight excluding hydrogens is 483 g/mol. The number of aliphatic hydroxyl groups is 1. The number of aromatic nitrogens is 4. The van der Waals surface area contributed by atoms with Crippen LogP contribution in [0.15, 0.2) is 30.5 Å². The molecule has 0 spiro atoms. The second kappa shape index (κ2) is 9.87. The molecule has 3 unspecified atom stereocenters. The second-order valence-electron chi connectivity index (χ2n) is 9.55. The summed E-state index contributed by atoms with van der Waals surface area (Å²) in [6.45, 7) is 5.49. The van der Waals surface area contributed by atoms with Gasteiger partial charge in [-0.05, 0) is 68.3 Å². The molecule has 182 valence electrons. The quantitative estimate of drug-likeness (QED) is 0.503. The van der Waals surface area contributed by atoms with Crippen LogP contribution in [0, 0.1) is 17.2 Å². The fourth-order valence-corrected chi connectivity index (χ4v) is 6.20. The molecule has 0 radical (unpaired) electrons. The predicted molar refractivity (Wildman–Crippen MR) is 137 cm³/mol. The average Bonchev–Trinajstić information content (AvgIpc) is 3.47. The van der Waals surface area contributed by atoms with E-state index >= 15 is 0 Å². The second-order valence-corrected chi connectivity index (χ2v) is 10.4. The number of nitrogens with zero attached hydrogens (tertiary/aromatic N) is 6. The van der Waals surface area contributed by atoms with Gasteiger partial charge < -0.3 is 5.11 Å². The zero-order valence-electron chi connectivity index (χ0n) is 19.8. The fourth-order valence-electron chi connectivity index (χ4n) is 5.63. The first-order valence-electron chi connectivity index (χ1n) is 12.1. The first-order valence-corrected chi connectivity index (χ1v) is 12.8. The third-order valence-electron chi connectivity index (χ3n) is 7.46. The summed E-state index contributed by atoms with van der Waals surface area (Å²) in [4.78, 5) is 12.0. The highest BCUT2D eigenvalue weighted by Gasteiger charge is 2.34. The Kier molecular flexibility index (Phi) is 6.82. The number of allylic oxidation sites excluding steroid dienone is 1. The number of nitriles is 1. The van der Waals surface area contributed by atoms with Gasteiger partial charge in [0.1, 0.15) is 11.6 Å². The van der Waals surface area contributed by atoms with Crippen molar-refractivity contribution < 1.29 is 5.11 Å². The summed E-state index contributed by atoms with van der Waals surface area (Å²) in [7, 11) is 0. The number of fused-ring (bicyclic) bond motifs is 1. The summed E-state index contributed by atoms with van der Waals surface area (Å²) < 4.78 is 1.73. The lowest BCUT2D eigenvalue weighted by atomic mass is 9.84. The number of hydrogen-bond donors (Lipinski definition) is 1. The Bertz CT molecular complexity index is 1330. The van der Waals surface area contributed by atoms with Crippen LogP contribution in [0.25, 0.3) is 16.7 Å².